The Hall–Kier alpha value is -1.25. The summed E-state index contributed by atoms with van der Waals surface area (Å²) in [6.45, 7) is 2.17. The molecule has 0 atom stereocenters. The third kappa shape index (κ3) is 3.15. The van der Waals surface area contributed by atoms with Crippen LogP contribution in [0.3, 0.4) is 0 Å². The van der Waals surface area contributed by atoms with Gasteiger partial charge in [-0.1, -0.05) is 12.5 Å². The fraction of sp³-hybridized carbons (Fsp3) is 0.667. The largest absolute Gasteiger partial charge is 0.465 e. The number of rotatable bonds is 2. The van der Waals surface area contributed by atoms with Gasteiger partial charge in [0.25, 0.3) is 0 Å². The van der Waals surface area contributed by atoms with Crippen LogP contribution in [0.15, 0.2) is 23.4 Å². The summed E-state index contributed by atoms with van der Waals surface area (Å²) in [5, 5.41) is 0. The van der Waals surface area contributed by atoms with Crippen LogP contribution in [0.2, 0.25) is 0 Å². The predicted molar refractivity (Wildman–Crippen MR) is 72.1 cm³/mol. The number of carbonyl (C=O) groups excluding carboxylic acids is 1. The van der Waals surface area contributed by atoms with Gasteiger partial charge in [-0.15, -0.1) is 0 Å². The highest BCUT2D eigenvalue weighted by atomic mass is 16.5. The second-order valence-electron chi connectivity index (χ2n) is 5.05. The van der Waals surface area contributed by atoms with Gasteiger partial charge in [0.2, 0.25) is 0 Å². The summed E-state index contributed by atoms with van der Waals surface area (Å²) in [5.41, 5.74) is 1.99. The first-order chi connectivity index (χ1) is 8.83. The van der Waals surface area contributed by atoms with Crippen LogP contribution in [0, 0.1) is 0 Å². The molecule has 1 aliphatic carbocycles. The summed E-state index contributed by atoms with van der Waals surface area (Å²) in [6.07, 6.45) is 12.3. The molecule has 2 aliphatic rings. The summed E-state index contributed by atoms with van der Waals surface area (Å²) in [6, 6.07) is 0. The number of hydrogen-bond donors (Lipinski definition) is 0. The molecule has 0 bridgehead atoms. The Kier molecular flexibility index (Phi) is 4.85. The lowest BCUT2D eigenvalue weighted by Crippen LogP contribution is -2.22. The number of likely N-dealkylation sites (tertiary alicyclic amines) is 1. The third-order valence-electron chi connectivity index (χ3n) is 3.77. The van der Waals surface area contributed by atoms with Crippen molar-refractivity contribution in [3.05, 3.63) is 23.4 Å². The predicted octanol–water partition coefficient (Wildman–Crippen LogP) is 3.03. The van der Waals surface area contributed by atoms with Crippen molar-refractivity contribution in [3.8, 4) is 0 Å². The zero-order chi connectivity index (χ0) is 12.8. The molecule has 0 amide bonds. The first kappa shape index (κ1) is 13.2. The maximum atomic E-state index is 12.0. The van der Waals surface area contributed by atoms with Crippen molar-refractivity contribution >= 4 is 5.97 Å². The fourth-order valence-electron chi connectivity index (χ4n) is 2.77. The lowest BCUT2D eigenvalue weighted by molar-refractivity contribution is -0.135. The Morgan fingerprint density at radius 3 is 2.67 bits per heavy atom. The van der Waals surface area contributed by atoms with Gasteiger partial charge in [0.05, 0.1) is 12.7 Å². The standard InChI is InChI=1S/C15H23NO2/c1-18-15(17)13-9-5-3-2-4-6-10-14(13)16-11-7-8-12-16/h5,9H,2-4,6-8,10-12H2,1H3/b9-5+,14-13-. The molecule has 0 unspecified atom stereocenters. The van der Waals surface area contributed by atoms with Crippen LogP contribution in [0.4, 0.5) is 0 Å². The summed E-state index contributed by atoms with van der Waals surface area (Å²) in [5.74, 6) is -0.185. The molecule has 1 fully saturated rings. The van der Waals surface area contributed by atoms with E-state index in [1.807, 2.05) is 6.08 Å². The molecule has 3 heteroatoms. The van der Waals surface area contributed by atoms with Crippen LogP contribution in [0.5, 0.6) is 0 Å². The third-order valence-corrected chi connectivity index (χ3v) is 3.77. The molecule has 18 heavy (non-hydrogen) atoms. The van der Waals surface area contributed by atoms with Gasteiger partial charge in [0.15, 0.2) is 0 Å². The normalized spacial score (nSPS) is 27.3. The SMILES string of the molecule is COC(=O)C1=C(\N2CCCC2)CCCCC\C=C\1. The minimum atomic E-state index is -0.185. The number of carbonyl (C=O) groups is 1. The van der Waals surface area contributed by atoms with Crippen molar-refractivity contribution in [1.29, 1.82) is 0 Å². The zero-order valence-corrected chi connectivity index (χ0v) is 11.3. The highest BCUT2D eigenvalue weighted by Crippen LogP contribution is 2.26. The van der Waals surface area contributed by atoms with E-state index in [1.165, 1.54) is 44.9 Å². The van der Waals surface area contributed by atoms with Gasteiger partial charge in [-0.2, -0.15) is 0 Å². The second kappa shape index (κ2) is 6.62. The van der Waals surface area contributed by atoms with Gasteiger partial charge in [-0.25, -0.2) is 4.79 Å². The lowest BCUT2D eigenvalue weighted by atomic mass is 10.1. The molecule has 3 nitrogen and oxygen atoms in total. The average molecular weight is 249 g/mol. The molecule has 0 aromatic heterocycles. The minimum absolute atomic E-state index is 0.185. The van der Waals surface area contributed by atoms with Gasteiger partial charge in [0.1, 0.15) is 0 Å². The van der Waals surface area contributed by atoms with E-state index >= 15 is 0 Å². The average Bonchev–Trinajstić information content (AvgIpc) is 2.93. The maximum absolute atomic E-state index is 12.0. The molecule has 0 aromatic carbocycles. The summed E-state index contributed by atoms with van der Waals surface area (Å²) in [7, 11) is 1.47. The highest BCUT2D eigenvalue weighted by molar-refractivity contribution is 5.92. The molecule has 0 saturated carbocycles. The van der Waals surface area contributed by atoms with Crippen LogP contribution < -0.4 is 0 Å². The van der Waals surface area contributed by atoms with Crippen molar-refractivity contribution in [3.63, 3.8) is 0 Å². The molecule has 1 saturated heterocycles. The van der Waals surface area contributed by atoms with E-state index in [1.54, 1.807) is 0 Å². The number of nitrogens with zero attached hydrogens (tertiary/aromatic N) is 1. The molecule has 0 aromatic rings. The van der Waals surface area contributed by atoms with Crippen molar-refractivity contribution < 1.29 is 9.53 Å². The van der Waals surface area contributed by atoms with Crippen molar-refractivity contribution in [2.45, 2.75) is 44.9 Å². The molecule has 0 N–H and O–H groups in total. The quantitative estimate of drug-likeness (QED) is 0.704. The topological polar surface area (TPSA) is 29.5 Å². The Bertz CT molecular complexity index is 352. The fourth-order valence-corrected chi connectivity index (χ4v) is 2.77. The van der Waals surface area contributed by atoms with Crippen LogP contribution in [0.25, 0.3) is 0 Å². The van der Waals surface area contributed by atoms with Gasteiger partial charge in [-0.3, -0.25) is 0 Å². The van der Waals surface area contributed by atoms with Crippen molar-refractivity contribution in [2.24, 2.45) is 0 Å². The lowest BCUT2D eigenvalue weighted by Gasteiger charge is -2.23. The van der Waals surface area contributed by atoms with E-state index in [-0.39, 0.29) is 5.97 Å². The van der Waals surface area contributed by atoms with Crippen LogP contribution >= 0.6 is 0 Å². The first-order valence-electron chi connectivity index (χ1n) is 7.06. The highest BCUT2D eigenvalue weighted by Gasteiger charge is 2.21. The van der Waals surface area contributed by atoms with Crippen molar-refractivity contribution in [2.75, 3.05) is 20.2 Å². The Morgan fingerprint density at radius 1 is 1.17 bits per heavy atom. The Balaban J connectivity index is 2.29. The van der Waals surface area contributed by atoms with Crippen LogP contribution in [-0.4, -0.2) is 31.1 Å². The van der Waals surface area contributed by atoms with E-state index < -0.39 is 0 Å². The summed E-state index contributed by atoms with van der Waals surface area (Å²) >= 11 is 0. The second-order valence-corrected chi connectivity index (χ2v) is 5.05. The van der Waals surface area contributed by atoms with E-state index in [0.29, 0.717) is 0 Å². The Labute approximate surface area is 109 Å². The first-order valence-corrected chi connectivity index (χ1v) is 7.06. The number of ether oxygens (including phenoxy) is 1. The minimum Gasteiger partial charge on any atom is -0.465 e. The molecular weight excluding hydrogens is 226 g/mol. The van der Waals surface area contributed by atoms with E-state index in [2.05, 4.69) is 11.0 Å². The summed E-state index contributed by atoms with van der Waals surface area (Å²) in [4.78, 5) is 14.3. The molecule has 0 spiro atoms. The molecule has 1 aliphatic heterocycles. The molecular formula is C15H23NO2. The smallest absolute Gasteiger partial charge is 0.339 e. The van der Waals surface area contributed by atoms with Crippen LogP contribution in [-0.2, 0) is 9.53 Å². The molecule has 2 rings (SSSR count). The molecule has 100 valence electrons. The Morgan fingerprint density at radius 2 is 1.94 bits per heavy atom. The van der Waals surface area contributed by atoms with Gasteiger partial charge < -0.3 is 9.64 Å². The van der Waals surface area contributed by atoms with E-state index in [9.17, 15) is 4.79 Å². The van der Waals surface area contributed by atoms with E-state index in [4.69, 9.17) is 4.74 Å². The summed E-state index contributed by atoms with van der Waals surface area (Å²) < 4.78 is 4.94. The monoisotopic (exact) mass is 249 g/mol. The van der Waals surface area contributed by atoms with E-state index in [0.717, 1.165) is 31.5 Å². The van der Waals surface area contributed by atoms with Crippen LogP contribution in [0.1, 0.15) is 44.9 Å². The van der Waals surface area contributed by atoms with Crippen molar-refractivity contribution in [1.82, 2.24) is 4.90 Å². The number of methoxy groups -OCH3 is 1. The molecule has 0 radical (unpaired) electrons. The van der Waals surface area contributed by atoms with Gasteiger partial charge >= 0.3 is 5.97 Å². The number of allylic oxidation sites excluding steroid dienone is 2. The number of esters is 1. The zero-order valence-electron chi connectivity index (χ0n) is 11.3. The number of hydrogen-bond acceptors (Lipinski definition) is 3. The van der Waals surface area contributed by atoms with Gasteiger partial charge in [0, 0.05) is 18.8 Å². The molecule has 1 heterocycles. The maximum Gasteiger partial charge on any atom is 0.339 e. The van der Waals surface area contributed by atoms with Gasteiger partial charge in [-0.05, 0) is 44.6 Å².